The van der Waals surface area contributed by atoms with Gasteiger partial charge < -0.3 is 15.5 Å². The normalized spacial score (nSPS) is 21.2. The number of rotatable bonds is 10. The third-order valence-electron chi connectivity index (χ3n) is 4.49. The van der Waals surface area contributed by atoms with E-state index in [1.54, 1.807) is 0 Å². The molecule has 1 aliphatic heterocycles. The van der Waals surface area contributed by atoms with Gasteiger partial charge in [0.15, 0.2) is 0 Å². The number of likely N-dealkylation sites (tertiary alicyclic amines) is 1. The van der Waals surface area contributed by atoms with Gasteiger partial charge in [-0.2, -0.15) is 0 Å². The first-order valence-corrected chi connectivity index (χ1v) is 8.90. The Bertz CT molecular complexity index is 283. The molecule has 0 aliphatic carbocycles. The Balaban J connectivity index is 2.04. The molecule has 1 amide bonds. The van der Waals surface area contributed by atoms with Gasteiger partial charge in [-0.25, -0.2) is 0 Å². The first-order chi connectivity index (χ1) is 10.1. The van der Waals surface area contributed by atoms with Crippen LogP contribution in [0.3, 0.4) is 0 Å². The van der Waals surface area contributed by atoms with E-state index in [9.17, 15) is 4.79 Å². The maximum Gasteiger partial charge on any atom is 0.236 e. The molecule has 0 bridgehead atoms. The number of nitrogens with one attached hydrogen (secondary N) is 2. The average molecular weight is 297 g/mol. The van der Waals surface area contributed by atoms with Crippen molar-refractivity contribution in [2.75, 3.05) is 26.2 Å². The van der Waals surface area contributed by atoms with Crippen molar-refractivity contribution in [3.05, 3.63) is 0 Å². The van der Waals surface area contributed by atoms with Crippen LogP contribution >= 0.6 is 0 Å². The predicted octanol–water partition coefficient (Wildman–Crippen LogP) is 2.54. The van der Waals surface area contributed by atoms with Crippen molar-refractivity contribution >= 4 is 5.91 Å². The fraction of sp³-hybridized carbons (Fsp3) is 0.941. The maximum atomic E-state index is 11.9. The molecule has 1 fully saturated rings. The van der Waals surface area contributed by atoms with Gasteiger partial charge in [-0.1, -0.05) is 26.2 Å². The molecule has 1 aliphatic rings. The van der Waals surface area contributed by atoms with E-state index in [4.69, 9.17) is 0 Å². The summed E-state index contributed by atoms with van der Waals surface area (Å²) in [4.78, 5) is 14.5. The first-order valence-electron chi connectivity index (χ1n) is 8.90. The van der Waals surface area contributed by atoms with Crippen molar-refractivity contribution in [3.8, 4) is 0 Å². The number of carbonyl (C=O) groups excluding carboxylic acids is 1. The van der Waals surface area contributed by atoms with Crippen LogP contribution in [0.1, 0.15) is 65.7 Å². The van der Waals surface area contributed by atoms with Gasteiger partial charge >= 0.3 is 0 Å². The molecule has 0 saturated carbocycles. The zero-order valence-electron chi connectivity index (χ0n) is 14.3. The van der Waals surface area contributed by atoms with Crippen molar-refractivity contribution in [1.29, 1.82) is 0 Å². The van der Waals surface area contributed by atoms with Crippen molar-refractivity contribution in [2.45, 2.75) is 77.8 Å². The van der Waals surface area contributed by atoms with Crippen molar-refractivity contribution in [2.24, 2.45) is 0 Å². The molecule has 1 rings (SSSR count). The topological polar surface area (TPSA) is 44.4 Å². The zero-order valence-corrected chi connectivity index (χ0v) is 14.3. The minimum atomic E-state index is -0.0783. The Hall–Kier alpha value is -0.610. The van der Waals surface area contributed by atoms with Crippen LogP contribution in [0.2, 0.25) is 0 Å². The van der Waals surface area contributed by atoms with Crippen LogP contribution in [-0.2, 0) is 4.79 Å². The molecule has 124 valence electrons. The maximum absolute atomic E-state index is 11.9. The Labute approximate surface area is 131 Å². The summed E-state index contributed by atoms with van der Waals surface area (Å²) in [7, 11) is 0. The molecule has 1 saturated heterocycles. The fourth-order valence-electron chi connectivity index (χ4n) is 2.92. The van der Waals surface area contributed by atoms with Gasteiger partial charge in [0, 0.05) is 12.6 Å². The Kier molecular flexibility index (Phi) is 9.68. The van der Waals surface area contributed by atoms with E-state index < -0.39 is 0 Å². The molecule has 0 aromatic rings. The van der Waals surface area contributed by atoms with Crippen molar-refractivity contribution in [3.63, 3.8) is 0 Å². The van der Waals surface area contributed by atoms with Crippen LogP contribution in [0.15, 0.2) is 0 Å². The second-order valence-electron chi connectivity index (χ2n) is 6.41. The Morgan fingerprint density at radius 2 is 2.05 bits per heavy atom. The summed E-state index contributed by atoms with van der Waals surface area (Å²) in [6, 6.07) is 0.656. The van der Waals surface area contributed by atoms with Gasteiger partial charge in [-0.3, -0.25) is 4.79 Å². The lowest BCUT2D eigenvalue weighted by Gasteiger charge is -2.33. The predicted molar refractivity (Wildman–Crippen MR) is 89.5 cm³/mol. The highest BCUT2D eigenvalue weighted by molar-refractivity contribution is 5.81. The standard InChI is InChI=1S/C17H35N3O/c1-4-5-7-11-19-17(21)16(3)18-12-9-14-20-13-8-6-10-15(20)2/h15-16,18H,4-14H2,1-3H3,(H,19,21). The van der Waals surface area contributed by atoms with E-state index in [-0.39, 0.29) is 11.9 Å². The Morgan fingerprint density at radius 1 is 1.24 bits per heavy atom. The number of nitrogens with zero attached hydrogens (tertiary/aromatic N) is 1. The van der Waals surface area contributed by atoms with E-state index in [0.717, 1.165) is 38.5 Å². The van der Waals surface area contributed by atoms with Gasteiger partial charge in [0.1, 0.15) is 0 Å². The molecule has 21 heavy (non-hydrogen) atoms. The smallest absolute Gasteiger partial charge is 0.236 e. The molecule has 4 heteroatoms. The summed E-state index contributed by atoms with van der Waals surface area (Å²) < 4.78 is 0. The third-order valence-corrected chi connectivity index (χ3v) is 4.49. The molecule has 1 heterocycles. The van der Waals surface area contributed by atoms with Crippen LogP contribution in [0.25, 0.3) is 0 Å². The van der Waals surface area contributed by atoms with Gasteiger partial charge in [0.05, 0.1) is 6.04 Å². The summed E-state index contributed by atoms with van der Waals surface area (Å²) in [5.74, 6) is 0.137. The molecule has 0 aromatic heterocycles. The SMILES string of the molecule is CCCCCNC(=O)C(C)NCCCN1CCCCC1C. The minimum Gasteiger partial charge on any atom is -0.355 e. The van der Waals surface area contributed by atoms with Crippen LogP contribution in [0.5, 0.6) is 0 Å². The Morgan fingerprint density at radius 3 is 2.76 bits per heavy atom. The lowest BCUT2D eigenvalue weighted by atomic mass is 10.0. The van der Waals surface area contributed by atoms with E-state index in [1.807, 2.05) is 6.92 Å². The number of amides is 1. The monoisotopic (exact) mass is 297 g/mol. The number of carbonyl (C=O) groups is 1. The summed E-state index contributed by atoms with van der Waals surface area (Å²) in [6.45, 7) is 10.6. The van der Waals surface area contributed by atoms with Crippen molar-refractivity contribution in [1.82, 2.24) is 15.5 Å². The lowest BCUT2D eigenvalue weighted by molar-refractivity contribution is -0.122. The second kappa shape index (κ2) is 11.0. The molecule has 2 atom stereocenters. The number of piperidine rings is 1. The molecule has 0 aromatic carbocycles. The van der Waals surface area contributed by atoms with Crippen molar-refractivity contribution < 1.29 is 4.79 Å². The zero-order chi connectivity index (χ0) is 15.5. The van der Waals surface area contributed by atoms with Crippen LogP contribution in [0.4, 0.5) is 0 Å². The summed E-state index contributed by atoms with van der Waals surface area (Å²) in [5.41, 5.74) is 0. The van der Waals surface area contributed by atoms with Gasteiger partial charge in [0.25, 0.3) is 0 Å². The van der Waals surface area contributed by atoms with Crippen LogP contribution < -0.4 is 10.6 Å². The molecular weight excluding hydrogens is 262 g/mol. The van der Waals surface area contributed by atoms with E-state index >= 15 is 0 Å². The fourth-order valence-corrected chi connectivity index (χ4v) is 2.92. The summed E-state index contributed by atoms with van der Waals surface area (Å²) in [5, 5.41) is 6.34. The lowest BCUT2D eigenvalue weighted by Crippen LogP contribution is -2.44. The molecule has 2 N–H and O–H groups in total. The third kappa shape index (κ3) is 7.82. The van der Waals surface area contributed by atoms with E-state index in [1.165, 1.54) is 38.6 Å². The first kappa shape index (κ1) is 18.4. The van der Waals surface area contributed by atoms with Gasteiger partial charge in [0.2, 0.25) is 5.91 Å². The van der Waals surface area contributed by atoms with Gasteiger partial charge in [-0.05, 0) is 59.2 Å². The van der Waals surface area contributed by atoms with E-state index in [0.29, 0.717) is 0 Å². The molecule has 2 unspecified atom stereocenters. The molecular formula is C17H35N3O. The number of unbranched alkanes of at least 4 members (excludes halogenated alkanes) is 2. The van der Waals surface area contributed by atoms with Crippen LogP contribution in [0, 0.1) is 0 Å². The molecule has 4 nitrogen and oxygen atoms in total. The second-order valence-corrected chi connectivity index (χ2v) is 6.41. The highest BCUT2D eigenvalue weighted by atomic mass is 16.2. The summed E-state index contributed by atoms with van der Waals surface area (Å²) >= 11 is 0. The highest BCUT2D eigenvalue weighted by Crippen LogP contribution is 2.15. The molecule has 0 radical (unpaired) electrons. The number of hydrogen-bond donors (Lipinski definition) is 2. The minimum absolute atomic E-state index is 0.0783. The largest absolute Gasteiger partial charge is 0.355 e. The summed E-state index contributed by atoms with van der Waals surface area (Å²) in [6.07, 6.45) is 8.65. The quantitative estimate of drug-likeness (QED) is 0.609. The molecule has 0 spiro atoms. The van der Waals surface area contributed by atoms with Crippen LogP contribution in [-0.4, -0.2) is 49.1 Å². The number of hydrogen-bond acceptors (Lipinski definition) is 3. The van der Waals surface area contributed by atoms with Gasteiger partial charge in [-0.15, -0.1) is 0 Å². The average Bonchev–Trinajstić information content (AvgIpc) is 2.49. The highest BCUT2D eigenvalue weighted by Gasteiger charge is 2.17. The van der Waals surface area contributed by atoms with E-state index in [2.05, 4.69) is 29.4 Å².